The van der Waals surface area contributed by atoms with Crippen LogP contribution in [0.2, 0.25) is 0 Å². The predicted molar refractivity (Wildman–Crippen MR) is 134 cm³/mol. The van der Waals surface area contributed by atoms with Gasteiger partial charge in [0.15, 0.2) is 0 Å². The summed E-state index contributed by atoms with van der Waals surface area (Å²) in [6, 6.07) is 5.41. The maximum absolute atomic E-state index is 13.1. The highest BCUT2D eigenvalue weighted by molar-refractivity contribution is 5.91. The summed E-state index contributed by atoms with van der Waals surface area (Å²) in [7, 11) is 0. The van der Waals surface area contributed by atoms with Crippen molar-refractivity contribution in [2.75, 3.05) is 0 Å². The van der Waals surface area contributed by atoms with Gasteiger partial charge in [0.25, 0.3) is 0 Å². The summed E-state index contributed by atoms with van der Waals surface area (Å²) in [5.41, 5.74) is 0.821. The van der Waals surface area contributed by atoms with Crippen molar-refractivity contribution in [1.29, 1.82) is 0 Å². The molecule has 1 heterocycles. The SMILES string of the molecule is CC[C@H](C)[C@@H]1NC(=O)[C@H](C(C)C)NC(=O)CCCCCCCC(=O)NCc2cccc(c2)OC1=O. The van der Waals surface area contributed by atoms with E-state index in [0.717, 1.165) is 37.7 Å². The number of fused-ring (bicyclic) bond motifs is 2. The number of amides is 3. The van der Waals surface area contributed by atoms with Crippen molar-refractivity contribution in [2.45, 2.75) is 97.7 Å². The number of hydrogen-bond acceptors (Lipinski definition) is 5. The molecule has 3 N–H and O–H groups in total. The van der Waals surface area contributed by atoms with E-state index in [1.807, 2.05) is 33.8 Å². The Labute approximate surface area is 208 Å². The van der Waals surface area contributed by atoms with Gasteiger partial charge in [-0.3, -0.25) is 14.4 Å². The van der Waals surface area contributed by atoms with Crippen molar-refractivity contribution >= 4 is 23.7 Å². The van der Waals surface area contributed by atoms with Crippen LogP contribution in [0.5, 0.6) is 5.75 Å². The van der Waals surface area contributed by atoms with E-state index in [0.29, 0.717) is 31.6 Å². The fourth-order valence-electron chi connectivity index (χ4n) is 3.98. The molecule has 0 unspecified atom stereocenters. The largest absolute Gasteiger partial charge is 0.425 e. The van der Waals surface area contributed by atoms with Crippen LogP contribution in [0.3, 0.4) is 0 Å². The van der Waals surface area contributed by atoms with Gasteiger partial charge >= 0.3 is 5.97 Å². The third-order valence-corrected chi connectivity index (χ3v) is 6.44. The average Bonchev–Trinajstić information content (AvgIpc) is 2.82. The standard InChI is InChI=1S/C27H41N3O5/c1-5-19(4)25-27(34)35-21-13-11-12-20(16-21)17-28-22(31)14-9-7-6-8-10-15-23(32)29-24(18(2)3)26(33)30-25/h11-13,16,18-19,24-25H,5-10,14-15,17H2,1-4H3,(H,28,31)(H,29,32)(H,30,33)/t19-,24-,25-/m0/s1. The second-order valence-corrected chi connectivity index (χ2v) is 9.77. The van der Waals surface area contributed by atoms with Crippen molar-refractivity contribution < 1.29 is 23.9 Å². The smallest absolute Gasteiger partial charge is 0.334 e. The molecule has 1 aliphatic heterocycles. The Hall–Kier alpha value is -2.90. The molecule has 0 spiro atoms. The number of nitrogens with one attached hydrogen (secondary N) is 3. The Kier molecular flexibility index (Phi) is 11.7. The molecular formula is C27H41N3O5. The van der Waals surface area contributed by atoms with Crippen LogP contribution >= 0.6 is 0 Å². The van der Waals surface area contributed by atoms with Gasteiger partial charge in [-0.2, -0.15) is 0 Å². The van der Waals surface area contributed by atoms with Crippen LogP contribution in [0.4, 0.5) is 0 Å². The minimum Gasteiger partial charge on any atom is -0.425 e. The third-order valence-electron chi connectivity index (χ3n) is 6.44. The lowest BCUT2D eigenvalue weighted by Gasteiger charge is -2.27. The zero-order valence-electron chi connectivity index (χ0n) is 21.5. The van der Waals surface area contributed by atoms with Gasteiger partial charge in [0.1, 0.15) is 17.8 Å². The highest BCUT2D eigenvalue weighted by Crippen LogP contribution is 2.18. The van der Waals surface area contributed by atoms with E-state index < -0.39 is 24.0 Å². The molecule has 0 aromatic heterocycles. The Balaban J connectivity index is 2.24. The summed E-state index contributed by atoms with van der Waals surface area (Å²) < 4.78 is 5.63. The Bertz CT molecular complexity index is 870. The van der Waals surface area contributed by atoms with Crippen molar-refractivity contribution in [2.24, 2.45) is 11.8 Å². The Morgan fingerprint density at radius 3 is 2.20 bits per heavy atom. The monoisotopic (exact) mass is 487 g/mol. The first-order valence-corrected chi connectivity index (χ1v) is 12.9. The molecule has 0 saturated carbocycles. The molecule has 1 aromatic rings. The van der Waals surface area contributed by atoms with Gasteiger partial charge in [-0.05, 0) is 42.4 Å². The van der Waals surface area contributed by atoms with Crippen molar-refractivity contribution in [3.05, 3.63) is 29.8 Å². The maximum Gasteiger partial charge on any atom is 0.334 e. The topological polar surface area (TPSA) is 114 Å². The highest BCUT2D eigenvalue weighted by atomic mass is 16.5. The van der Waals surface area contributed by atoms with E-state index in [-0.39, 0.29) is 23.7 Å². The van der Waals surface area contributed by atoms with Crippen LogP contribution in [0.1, 0.15) is 84.6 Å². The lowest BCUT2D eigenvalue weighted by atomic mass is 9.97. The lowest BCUT2D eigenvalue weighted by Crippen LogP contribution is -2.55. The number of hydrogen-bond donors (Lipinski definition) is 3. The molecule has 0 fully saturated rings. The molecule has 0 saturated heterocycles. The molecule has 2 bridgehead atoms. The molecule has 0 radical (unpaired) electrons. The van der Waals surface area contributed by atoms with Crippen molar-refractivity contribution in [3.63, 3.8) is 0 Å². The van der Waals surface area contributed by atoms with Crippen molar-refractivity contribution in [1.82, 2.24) is 16.0 Å². The van der Waals surface area contributed by atoms with Gasteiger partial charge in [0.05, 0.1) is 0 Å². The highest BCUT2D eigenvalue weighted by Gasteiger charge is 2.32. The first kappa shape index (κ1) is 28.3. The molecule has 194 valence electrons. The lowest BCUT2D eigenvalue weighted by molar-refractivity contribution is -0.141. The molecule has 1 aliphatic rings. The fourth-order valence-corrected chi connectivity index (χ4v) is 3.98. The van der Waals surface area contributed by atoms with Crippen LogP contribution in [-0.2, 0) is 25.7 Å². The van der Waals surface area contributed by atoms with E-state index in [1.165, 1.54) is 0 Å². The minimum atomic E-state index is -0.858. The first-order valence-electron chi connectivity index (χ1n) is 12.9. The van der Waals surface area contributed by atoms with Crippen LogP contribution in [0, 0.1) is 11.8 Å². The van der Waals surface area contributed by atoms with Crippen molar-refractivity contribution in [3.8, 4) is 5.75 Å². The summed E-state index contributed by atoms with van der Waals surface area (Å²) in [6.07, 6.45) is 5.73. The first-order chi connectivity index (χ1) is 16.7. The molecule has 8 nitrogen and oxygen atoms in total. The van der Waals surface area contributed by atoms with Gasteiger partial charge in [-0.1, -0.05) is 65.5 Å². The van der Waals surface area contributed by atoms with E-state index in [2.05, 4.69) is 16.0 Å². The van der Waals surface area contributed by atoms with Gasteiger partial charge in [-0.25, -0.2) is 4.79 Å². The molecule has 35 heavy (non-hydrogen) atoms. The molecule has 3 amide bonds. The van der Waals surface area contributed by atoms with Gasteiger partial charge in [0.2, 0.25) is 17.7 Å². The Morgan fingerprint density at radius 1 is 0.886 bits per heavy atom. The molecule has 0 aliphatic carbocycles. The number of carbonyl (C=O) groups is 4. The van der Waals surface area contributed by atoms with Crippen LogP contribution in [0.15, 0.2) is 24.3 Å². The number of rotatable bonds is 3. The zero-order chi connectivity index (χ0) is 25.8. The van der Waals surface area contributed by atoms with Gasteiger partial charge < -0.3 is 20.7 Å². The van der Waals surface area contributed by atoms with Crippen LogP contribution < -0.4 is 20.7 Å². The van der Waals surface area contributed by atoms with E-state index in [9.17, 15) is 19.2 Å². The number of ether oxygens (including phenoxy) is 1. The fraction of sp³-hybridized carbons (Fsp3) is 0.630. The second-order valence-electron chi connectivity index (χ2n) is 9.77. The quantitative estimate of drug-likeness (QED) is 0.445. The molecule has 3 atom stereocenters. The summed E-state index contributed by atoms with van der Waals surface area (Å²) >= 11 is 0. The summed E-state index contributed by atoms with van der Waals surface area (Å²) in [5.74, 6) is -1.11. The molecule has 8 heteroatoms. The summed E-state index contributed by atoms with van der Waals surface area (Å²) in [4.78, 5) is 50.9. The minimum absolute atomic E-state index is 0.0167. The summed E-state index contributed by atoms with van der Waals surface area (Å²) in [6.45, 7) is 7.89. The Morgan fingerprint density at radius 2 is 1.54 bits per heavy atom. The van der Waals surface area contributed by atoms with Gasteiger partial charge in [-0.15, -0.1) is 0 Å². The number of carbonyl (C=O) groups excluding carboxylic acids is 4. The van der Waals surface area contributed by atoms with E-state index in [1.54, 1.807) is 18.2 Å². The maximum atomic E-state index is 13.1. The number of benzene rings is 1. The second kappa shape index (κ2) is 14.5. The van der Waals surface area contributed by atoms with E-state index >= 15 is 0 Å². The van der Waals surface area contributed by atoms with Crippen LogP contribution in [0.25, 0.3) is 0 Å². The molecule has 1 aromatic carbocycles. The van der Waals surface area contributed by atoms with E-state index in [4.69, 9.17) is 4.74 Å². The molecule has 2 rings (SSSR count). The third kappa shape index (κ3) is 9.70. The summed E-state index contributed by atoms with van der Waals surface area (Å²) in [5, 5.41) is 8.58. The average molecular weight is 488 g/mol. The van der Waals surface area contributed by atoms with Gasteiger partial charge in [0, 0.05) is 19.4 Å². The normalized spacial score (nSPS) is 22.8. The molecular weight excluding hydrogens is 446 g/mol. The predicted octanol–water partition coefficient (Wildman–Crippen LogP) is 3.62. The van der Waals surface area contributed by atoms with Crippen LogP contribution in [-0.4, -0.2) is 35.8 Å². The zero-order valence-corrected chi connectivity index (χ0v) is 21.5. The number of esters is 1.